The summed E-state index contributed by atoms with van der Waals surface area (Å²) < 4.78 is 12.4. The molecule has 2 heterocycles. The molecule has 0 radical (unpaired) electrons. The third kappa shape index (κ3) is 2.06. The number of hydrogen-bond acceptors (Lipinski definition) is 6. The van der Waals surface area contributed by atoms with E-state index in [1.807, 2.05) is 19.1 Å². The third-order valence-corrected chi connectivity index (χ3v) is 10.8. The quantitative estimate of drug-likeness (QED) is 0.387. The highest BCUT2D eigenvalue weighted by Crippen LogP contribution is 2.84. The van der Waals surface area contributed by atoms with E-state index in [1.165, 1.54) is 25.3 Å². The predicted octanol–water partition coefficient (Wildman–Crippen LogP) is 2.34. The first-order valence-corrected chi connectivity index (χ1v) is 12.8. The standard InChI is InChI=1S/C26H35NO5/c1-2-3-4-8-20(29)31-18-10-9-16-11-19-26(30)24(27(19)13-15-6-5-7-15)12-17(28)23-25(26,14-24)21(16)22(18)32-23/h2-4,8,15-19,21-23,28,30H,5-7,9-14H2,1H3/b3-2+,8-4+/t16?,17-,18?,19+,21?,22?,23-,24?,25-,26-/m0/s1. The second kappa shape index (κ2) is 6.47. The molecule has 10 atom stereocenters. The number of hydrogen-bond donors (Lipinski definition) is 2. The molecule has 5 unspecified atom stereocenters. The van der Waals surface area contributed by atoms with Crippen molar-refractivity contribution >= 4 is 5.97 Å². The molecule has 0 aromatic heterocycles. The van der Waals surface area contributed by atoms with Crippen LogP contribution < -0.4 is 0 Å². The van der Waals surface area contributed by atoms with Gasteiger partial charge in [-0.1, -0.05) is 24.6 Å². The summed E-state index contributed by atoms with van der Waals surface area (Å²) in [6, 6.07) is 0.207. The highest BCUT2D eigenvalue weighted by atomic mass is 16.6. The van der Waals surface area contributed by atoms with Gasteiger partial charge in [-0.15, -0.1) is 0 Å². The second-order valence-electron chi connectivity index (χ2n) is 11.7. The highest BCUT2D eigenvalue weighted by Gasteiger charge is 2.95. The van der Waals surface area contributed by atoms with Crippen LogP contribution in [0.15, 0.2) is 24.3 Å². The molecule has 0 amide bonds. The summed E-state index contributed by atoms with van der Waals surface area (Å²) >= 11 is 0. The van der Waals surface area contributed by atoms with Crippen LogP contribution in [0.1, 0.15) is 58.3 Å². The molecule has 5 saturated carbocycles. The molecule has 6 nitrogen and oxygen atoms in total. The van der Waals surface area contributed by atoms with Gasteiger partial charge in [0.25, 0.3) is 0 Å². The Morgan fingerprint density at radius 3 is 2.84 bits per heavy atom. The van der Waals surface area contributed by atoms with E-state index in [-0.39, 0.29) is 47.2 Å². The van der Waals surface area contributed by atoms with E-state index in [9.17, 15) is 15.0 Å². The van der Waals surface area contributed by atoms with Crippen LogP contribution in [0.4, 0.5) is 0 Å². The van der Waals surface area contributed by atoms with Gasteiger partial charge < -0.3 is 19.7 Å². The van der Waals surface area contributed by atoms with Crippen molar-refractivity contribution in [2.45, 2.75) is 99.9 Å². The molecule has 7 rings (SSSR count). The highest BCUT2D eigenvalue weighted by molar-refractivity contribution is 5.82. The fourth-order valence-electron chi connectivity index (χ4n) is 9.65. The zero-order valence-corrected chi connectivity index (χ0v) is 18.9. The maximum absolute atomic E-state index is 12.4. The van der Waals surface area contributed by atoms with Crippen molar-refractivity contribution in [3.05, 3.63) is 24.3 Å². The number of nitrogens with zero attached hydrogens (tertiary/aromatic N) is 1. The minimum atomic E-state index is -0.749. The van der Waals surface area contributed by atoms with Gasteiger partial charge in [0, 0.05) is 30.0 Å². The van der Waals surface area contributed by atoms with Crippen LogP contribution in [0.3, 0.4) is 0 Å². The summed E-state index contributed by atoms with van der Waals surface area (Å²) in [6.07, 6.45) is 13.7. The van der Waals surface area contributed by atoms with E-state index in [4.69, 9.17) is 9.47 Å². The second-order valence-corrected chi connectivity index (χ2v) is 11.7. The molecule has 2 bridgehead atoms. The lowest BCUT2D eigenvalue weighted by molar-refractivity contribution is -0.456. The first-order valence-electron chi connectivity index (χ1n) is 12.8. The lowest BCUT2D eigenvalue weighted by Gasteiger charge is -2.89. The van der Waals surface area contributed by atoms with Crippen LogP contribution in [0.25, 0.3) is 0 Å². The van der Waals surface area contributed by atoms with Crippen molar-refractivity contribution in [3.63, 3.8) is 0 Å². The molecule has 2 aliphatic heterocycles. The summed E-state index contributed by atoms with van der Waals surface area (Å²) in [6.45, 7) is 2.99. The van der Waals surface area contributed by atoms with E-state index in [0.717, 1.165) is 38.1 Å². The summed E-state index contributed by atoms with van der Waals surface area (Å²) in [5, 5.41) is 23.5. The molecule has 7 fully saturated rings. The van der Waals surface area contributed by atoms with E-state index in [0.29, 0.717) is 12.3 Å². The van der Waals surface area contributed by atoms with Crippen molar-refractivity contribution in [3.8, 4) is 0 Å². The molecular weight excluding hydrogens is 406 g/mol. The summed E-state index contributed by atoms with van der Waals surface area (Å²) in [4.78, 5) is 15.0. The van der Waals surface area contributed by atoms with Gasteiger partial charge >= 0.3 is 5.97 Å². The molecule has 2 saturated heterocycles. The lowest BCUT2D eigenvalue weighted by Crippen LogP contribution is -3.03. The van der Waals surface area contributed by atoms with Gasteiger partial charge in [-0.2, -0.15) is 0 Å². The topological polar surface area (TPSA) is 79.2 Å². The number of esters is 1. The number of piperidine rings is 1. The fourth-order valence-corrected chi connectivity index (χ4v) is 9.65. The number of aliphatic hydroxyl groups excluding tert-OH is 1. The number of carbonyl (C=O) groups excluding carboxylic acids is 1. The molecule has 5 aliphatic carbocycles. The molecule has 32 heavy (non-hydrogen) atoms. The van der Waals surface area contributed by atoms with Gasteiger partial charge in [0.05, 0.1) is 23.9 Å². The lowest BCUT2D eigenvalue weighted by atomic mass is 9.25. The van der Waals surface area contributed by atoms with Crippen LogP contribution in [-0.4, -0.2) is 69.2 Å². The van der Waals surface area contributed by atoms with Crippen molar-refractivity contribution in [2.75, 3.05) is 6.54 Å². The van der Waals surface area contributed by atoms with Crippen LogP contribution in [0.2, 0.25) is 0 Å². The molecular formula is C26H35NO5. The van der Waals surface area contributed by atoms with Crippen molar-refractivity contribution in [1.29, 1.82) is 0 Å². The zero-order valence-electron chi connectivity index (χ0n) is 18.9. The van der Waals surface area contributed by atoms with Crippen LogP contribution >= 0.6 is 0 Å². The van der Waals surface area contributed by atoms with Crippen molar-refractivity contribution in [1.82, 2.24) is 4.90 Å². The van der Waals surface area contributed by atoms with Crippen LogP contribution in [-0.2, 0) is 14.3 Å². The smallest absolute Gasteiger partial charge is 0.331 e. The summed E-state index contributed by atoms with van der Waals surface area (Å²) in [5.74, 6) is 1.06. The number of likely N-dealkylation sites (tertiary alicyclic amines) is 1. The minimum absolute atomic E-state index is 0.175. The van der Waals surface area contributed by atoms with Gasteiger partial charge in [0.2, 0.25) is 0 Å². The van der Waals surface area contributed by atoms with E-state index in [1.54, 1.807) is 6.08 Å². The van der Waals surface area contributed by atoms with E-state index in [2.05, 4.69) is 4.90 Å². The maximum Gasteiger partial charge on any atom is 0.331 e. The predicted molar refractivity (Wildman–Crippen MR) is 117 cm³/mol. The first kappa shape index (κ1) is 20.2. The van der Waals surface area contributed by atoms with Crippen molar-refractivity contribution < 1.29 is 24.5 Å². The van der Waals surface area contributed by atoms with Gasteiger partial charge in [-0.05, 0) is 63.7 Å². The molecule has 0 aromatic carbocycles. The number of allylic oxidation sites excluding steroid dienone is 3. The van der Waals surface area contributed by atoms with Gasteiger partial charge in [0.15, 0.2) is 0 Å². The molecule has 6 heteroatoms. The Hall–Kier alpha value is -1.21. The third-order valence-electron chi connectivity index (χ3n) is 10.8. The molecule has 2 N–H and O–H groups in total. The average molecular weight is 442 g/mol. The fraction of sp³-hybridized carbons (Fsp3) is 0.808. The molecule has 0 aromatic rings. The Kier molecular flexibility index (Phi) is 4.08. The number of carbonyl (C=O) groups is 1. The average Bonchev–Trinajstić information content (AvgIpc) is 3.10. The number of aliphatic hydroxyl groups is 2. The maximum atomic E-state index is 12.4. The molecule has 174 valence electrons. The summed E-state index contributed by atoms with van der Waals surface area (Å²) in [5.41, 5.74) is -1.38. The Balaban J connectivity index is 1.19. The molecule has 7 aliphatic rings. The van der Waals surface area contributed by atoms with Gasteiger partial charge in [0.1, 0.15) is 11.7 Å². The number of rotatable bonds is 5. The minimum Gasteiger partial charge on any atom is -0.456 e. The first-order chi connectivity index (χ1) is 15.5. The van der Waals surface area contributed by atoms with Crippen LogP contribution in [0, 0.1) is 23.2 Å². The number of ether oxygens (including phenoxy) is 2. The Morgan fingerprint density at radius 2 is 2.09 bits per heavy atom. The normalized spacial score (nSPS) is 55.3. The van der Waals surface area contributed by atoms with E-state index >= 15 is 0 Å². The van der Waals surface area contributed by atoms with Gasteiger partial charge in [-0.25, -0.2) is 4.79 Å². The Morgan fingerprint density at radius 1 is 1.25 bits per heavy atom. The van der Waals surface area contributed by atoms with Crippen molar-refractivity contribution in [2.24, 2.45) is 23.2 Å². The summed E-state index contributed by atoms with van der Waals surface area (Å²) in [7, 11) is 0. The monoisotopic (exact) mass is 441 g/mol. The Bertz CT molecular complexity index is 899. The SMILES string of the molecule is C/C=C/C=C/C(=O)OC1CCC2C[C@H]3N(CC4CCC4)C45C[C@H](O)[C@@H]6OC1C2[C@]6(C4)[C@]35O. The van der Waals surface area contributed by atoms with E-state index < -0.39 is 11.7 Å². The largest absolute Gasteiger partial charge is 0.456 e. The Labute approximate surface area is 189 Å². The van der Waals surface area contributed by atoms with Gasteiger partial charge in [-0.3, -0.25) is 4.90 Å². The molecule has 2 spiro atoms. The van der Waals surface area contributed by atoms with Crippen LogP contribution in [0.5, 0.6) is 0 Å². The zero-order chi connectivity index (χ0) is 21.9.